The van der Waals surface area contributed by atoms with Gasteiger partial charge in [-0.05, 0) is 6.08 Å². The largest absolute Gasteiger partial charge is 0.392 e. The van der Waals surface area contributed by atoms with Crippen LogP contribution in [0.15, 0.2) is 29.7 Å². The van der Waals surface area contributed by atoms with Crippen LogP contribution >= 0.6 is 0 Å². The van der Waals surface area contributed by atoms with E-state index in [4.69, 9.17) is 16.9 Å². The van der Waals surface area contributed by atoms with Gasteiger partial charge in [-0.2, -0.15) is 0 Å². The molecule has 102 valence electrons. The van der Waals surface area contributed by atoms with Gasteiger partial charge in [0.05, 0.1) is 6.61 Å². The van der Waals surface area contributed by atoms with Crippen LogP contribution in [0, 0.1) is 12.3 Å². The van der Waals surface area contributed by atoms with E-state index in [1.807, 2.05) is 0 Å². The van der Waals surface area contributed by atoms with Crippen molar-refractivity contribution in [3.05, 3.63) is 24.7 Å². The van der Waals surface area contributed by atoms with Crippen LogP contribution in [0.2, 0.25) is 0 Å². The van der Waals surface area contributed by atoms with Gasteiger partial charge in [-0.1, -0.05) is 12.5 Å². The third-order valence-corrected chi connectivity index (χ3v) is 3.10. The molecule has 19 heavy (non-hydrogen) atoms. The van der Waals surface area contributed by atoms with Crippen LogP contribution in [0.4, 0.5) is 4.39 Å². The van der Waals surface area contributed by atoms with E-state index >= 15 is 0 Å². The fourth-order valence-corrected chi connectivity index (χ4v) is 1.99. The molecule has 0 saturated carbocycles. The average Bonchev–Trinajstić information content (AvgIpc) is 2.64. The quantitative estimate of drug-likeness (QED) is 0.562. The lowest BCUT2D eigenvalue weighted by atomic mass is 9.98. The zero-order valence-corrected chi connectivity index (χ0v) is 10.0. The maximum Gasteiger partial charge on any atom is 0.182 e. The minimum absolute atomic E-state index is 0.158. The standard InChI is InChI=1S/C12H14FN3O3/c1-3-12(6-17)10(18)9(13)11(19-12)16-5-4-8(14)15-7(16)2/h1,4-5,9-11,17-18H,2,6H2,(H2,14,15)/t9-,10+,11-,12-/m1/s1. The molecule has 7 heteroatoms. The van der Waals surface area contributed by atoms with Gasteiger partial charge in [-0.15, -0.1) is 6.42 Å². The number of aliphatic hydroxyl groups excluding tert-OH is 2. The van der Waals surface area contributed by atoms with Gasteiger partial charge < -0.3 is 25.6 Å². The maximum absolute atomic E-state index is 14.1. The van der Waals surface area contributed by atoms with E-state index in [2.05, 4.69) is 17.5 Å². The molecule has 2 aliphatic rings. The lowest BCUT2D eigenvalue weighted by Crippen LogP contribution is -2.44. The van der Waals surface area contributed by atoms with E-state index in [-0.39, 0.29) is 11.7 Å². The van der Waals surface area contributed by atoms with Crippen molar-refractivity contribution in [2.24, 2.45) is 10.7 Å². The highest BCUT2D eigenvalue weighted by atomic mass is 19.1. The zero-order valence-electron chi connectivity index (χ0n) is 10.0. The fourth-order valence-electron chi connectivity index (χ4n) is 1.99. The number of terminal acetylenes is 1. The number of nitrogens with two attached hydrogens (primary N) is 1. The lowest BCUT2D eigenvalue weighted by molar-refractivity contribution is -0.100. The van der Waals surface area contributed by atoms with Crippen molar-refractivity contribution in [1.29, 1.82) is 0 Å². The van der Waals surface area contributed by atoms with Gasteiger partial charge in [-0.3, -0.25) is 0 Å². The Balaban J connectivity index is 2.27. The Hall–Kier alpha value is -1.88. The molecule has 2 rings (SSSR count). The molecule has 4 atom stereocenters. The second-order valence-corrected chi connectivity index (χ2v) is 4.27. The van der Waals surface area contributed by atoms with Crippen LogP contribution in [0.5, 0.6) is 0 Å². The summed E-state index contributed by atoms with van der Waals surface area (Å²) in [4.78, 5) is 5.13. The van der Waals surface area contributed by atoms with Crippen LogP contribution in [-0.2, 0) is 4.74 Å². The van der Waals surface area contributed by atoms with E-state index in [0.717, 1.165) is 0 Å². The highest BCUT2D eigenvalue weighted by Gasteiger charge is 2.56. The van der Waals surface area contributed by atoms with E-state index < -0.39 is 30.7 Å². The molecule has 0 amide bonds. The van der Waals surface area contributed by atoms with Crippen molar-refractivity contribution in [3.8, 4) is 12.3 Å². The average molecular weight is 267 g/mol. The molecule has 0 aromatic rings. The predicted octanol–water partition coefficient (Wildman–Crippen LogP) is -0.936. The summed E-state index contributed by atoms with van der Waals surface area (Å²) in [5.41, 5.74) is 3.70. The molecule has 2 aliphatic heterocycles. The smallest absolute Gasteiger partial charge is 0.182 e. The van der Waals surface area contributed by atoms with E-state index in [1.54, 1.807) is 0 Å². The van der Waals surface area contributed by atoms with Crippen LogP contribution in [0.3, 0.4) is 0 Å². The first-order valence-corrected chi connectivity index (χ1v) is 5.53. The van der Waals surface area contributed by atoms with Crippen molar-refractivity contribution >= 4 is 5.84 Å². The molecule has 0 aromatic carbocycles. The Morgan fingerprint density at radius 2 is 2.42 bits per heavy atom. The minimum Gasteiger partial charge on any atom is -0.392 e. The van der Waals surface area contributed by atoms with Gasteiger partial charge >= 0.3 is 0 Å². The van der Waals surface area contributed by atoms with E-state index in [9.17, 15) is 14.6 Å². The molecule has 0 unspecified atom stereocenters. The number of ether oxygens (including phenoxy) is 1. The SMILES string of the molecule is C#C[C@]1(CO)O[C@@H](N2C=CC(N)=NC2=C)[C@H](F)[C@@H]1O. The topological polar surface area (TPSA) is 91.3 Å². The number of nitrogens with zero attached hydrogens (tertiary/aromatic N) is 2. The lowest BCUT2D eigenvalue weighted by Gasteiger charge is -2.30. The second-order valence-electron chi connectivity index (χ2n) is 4.27. The maximum atomic E-state index is 14.1. The monoisotopic (exact) mass is 267 g/mol. The number of alkyl halides is 1. The van der Waals surface area contributed by atoms with Crippen molar-refractivity contribution < 1.29 is 19.3 Å². The van der Waals surface area contributed by atoms with Gasteiger partial charge in [0.1, 0.15) is 17.8 Å². The molecular formula is C12H14FN3O3. The number of amidine groups is 1. The molecule has 2 heterocycles. The Morgan fingerprint density at radius 3 is 2.89 bits per heavy atom. The molecule has 6 nitrogen and oxygen atoms in total. The highest BCUT2D eigenvalue weighted by Crippen LogP contribution is 2.36. The second kappa shape index (κ2) is 4.66. The highest BCUT2D eigenvalue weighted by molar-refractivity contribution is 5.92. The van der Waals surface area contributed by atoms with Gasteiger partial charge in [0.25, 0.3) is 0 Å². The summed E-state index contributed by atoms with van der Waals surface area (Å²) in [6, 6.07) is 0. The molecule has 1 saturated heterocycles. The number of aliphatic hydroxyl groups is 2. The zero-order chi connectivity index (χ0) is 14.2. The summed E-state index contributed by atoms with van der Waals surface area (Å²) in [5, 5.41) is 19.0. The van der Waals surface area contributed by atoms with Crippen LogP contribution in [-0.4, -0.2) is 51.7 Å². The van der Waals surface area contributed by atoms with Gasteiger partial charge in [0.2, 0.25) is 0 Å². The van der Waals surface area contributed by atoms with Crippen molar-refractivity contribution in [1.82, 2.24) is 4.90 Å². The van der Waals surface area contributed by atoms with E-state index in [1.165, 1.54) is 17.2 Å². The molecular weight excluding hydrogens is 253 g/mol. The number of aliphatic imine (C=N–C) groups is 1. The third kappa shape index (κ3) is 2.00. The third-order valence-electron chi connectivity index (χ3n) is 3.10. The summed E-state index contributed by atoms with van der Waals surface area (Å²) in [5.74, 6) is 2.48. The molecule has 4 N–H and O–H groups in total. The summed E-state index contributed by atoms with van der Waals surface area (Å²) < 4.78 is 19.4. The minimum atomic E-state index is -1.82. The molecule has 0 aromatic heterocycles. The van der Waals surface area contributed by atoms with Crippen LogP contribution in [0.25, 0.3) is 0 Å². The Kier molecular flexibility index (Phi) is 3.32. The first-order valence-electron chi connectivity index (χ1n) is 5.53. The van der Waals surface area contributed by atoms with Gasteiger partial charge in [0, 0.05) is 6.20 Å². The summed E-state index contributed by atoms with van der Waals surface area (Å²) in [6.45, 7) is 2.92. The summed E-state index contributed by atoms with van der Waals surface area (Å²) in [6.07, 6.45) is 3.39. The number of halogens is 1. The molecule has 0 radical (unpaired) electrons. The Labute approximate surface area is 109 Å². The number of hydrogen-bond acceptors (Lipinski definition) is 6. The van der Waals surface area contributed by atoms with E-state index in [0.29, 0.717) is 0 Å². The first kappa shape index (κ1) is 13.5. The number of rotatable bonds is 2. The predicted molar refractivity (Wildman–Crippen MR) is 66.2 cm³/mol. The van der Waals surface area contributed by atoms with Crippen LogP contribution < -0.4 is 5.73 Å². The Bertz CT molecular complexity index is 499. The Morgan fingerprint density at radius 1 is 1.74 bits per heavy atom. The van der Waals surface area contributed by atoms with Gasteiger partial charge in [0.15, 0.2) is 18.0 Å². The summed E-state index contributed by atoms with van der Waals surface area (Å²) in [7, 11) is 0. The number of hydrogen-bond donors (Lipinski definition) is 3. The molecule has 0 aliphatic carbocycles. The normalized spacial score (nSPS) is 38.2. The van der Waals surface area contributed by atoms with Crippen LogP contribution in [0.1, 0.15) is 0 Å². The molecule has 0 spiro atoms. The summed E-state index contributed by atoms with van der Waals surface area (Å²) >= 11 is 0. The first-order chi connectivity index (χ1) is 8.95. The van der Waals surface area contributed by atoms with Crippen molar-refractivity contribution in [2.45, 2.75) is 24.1 Å². The van der Waals surface area contributed by atoms with Gasteiger partial charge in [-0.25, -0.2) is 9.38 Å². The van der Waals surface area contributed by atoms with Crippen molar-refractivity contribution in [2.75, 3.05) is 6.61 Å². The molecule has 1 fully saturated rings. The van der Waals surface area contributed by atoms with Crippen molar-refractivity contribution in [3.63, 3.8) is 0 Å². The fraction of sp³-hybridized carbons (Fsp3) is 0.417. The molecule has 0 bridgehead atoms.